The molecule has 1 saturated heterocycles. The number of anilines is 1. The first-order chi connectivity index (χ1) is 15.2. The van der Waals surface area contributed by atoms with E-state index in [4.69, 9.17) is 0 Å². The van der Waals surface area contributed by atoms with Gasteiger partial charge in [0.1, 0.15) is 12.4 Å². The van der Waals surface area contributed by atoms with E-state index in [1.807, 2.05) is 22.8 Å². The Morgan fingerprint density at radius 2 is 1.94 bits per heavy atom. The minimum atomic E-state index is -0.979. The van der Waals surface area contributed by atoms with E-state index in [1.54, 1.807) is 6.33 Å². The Balaban J connectivity index is 1.53. The molecule has 2 aromatic heterocycles. The maximum atomic E-state index is 10.6. The van der Waals surface area contributed by atoms with Gasteiger partial charge in [0.05, 0.1) is 18.5 Å². The second-order valence-electron chi connectivity index (χ2n) is 8.51. The molecule has 0 radical (unpaired) electrons. The van der Waals surface area contributed by atoms with Crippen LogP contribution in [0.2, 0.25) is 0 Å². The molecular formula is C22H28N6O3. The number of imidazole rings is 1. The molecule has 1 aliphatic heterocycles. The van der Waals surface area contributed by atoms with Gasteiger partial charge in [0.25, 0.3) is 0 Å². The highest BCUT2D eigenvalue weighted by Crippen LogP contribution is 2.37. The molecule has 3 aromatic rings. The lowest BCUT2D eigenvalue weighted by atomic mass is 10.1. The summed E-state index contributed by atoms with van der Waals surface area (Å²) in [6.45, 7) is 2.39. The van der Waals surface area contributed by atoms with Crippen molar-refractivity contribution in [3.8, 4) is 0 Å². The fraction of sp³-hybridized carbons (Fsp3) is 0.500. The van der Waals surface area contributed by atoms with Gasteiger partial charge in [0.15, 0.2) is 17.0 Å². The topological polar surface area (TPSA) is 120 Å². The Bertz CT molecular complexity index is 1020. The van der Waals surface area contributed by atoms with Crippen LogP contribution in [0.5, 0.6) is 0 Å². The number of nitrogens with one attached hydrogen (secondary N) is 1. The van der Waals surface area contributed by atoms with Crippen molar-refractivity contribution in [3.05, 3.63) is 48.5 Å². The van der Waals surface area contributed by atoms with Gasteiger partial charge in [-0.1, -0.05) is 30.3 Å². The van der Waals surface area contributed by atoms with Gasteiger partial charge in [-0.25, -0.2) is 15.0 Å². The van der Waals surface area contributed by atoms with Crippen LogP contribution in [-0.4, -0.2) is 72.8 Å². The van der Waals surface area contributed by atoms with Crippen LogP contribution >= 0.6 is 0 Å². The highest BCUT2D eigenvalue weighted by atomic mass is 16.3. The Labute approximate surface area is 180 Å². The molecule has 5 rings (SSSR count). The van der Waals surface area contributed by atoms with Crippen molar-refractivity contribution in [2.75, 3.05) is 24.6 Å². The normalized spacial score (nSPS) is 28.4. The first-order valence-corrected chi connectivity index (χ1v) is 10.8. The summed E-state index contributed by atoms with van der Waals surface area (Å²) in [4.78, 5) is 16.0. The molecule has 164 valence electrons. The summed E-state index contributed by atoms with van der Waals surface area (Å²) in [5.74, 6) is 0.408. The number of aliphatic hydroxyl groups excluding tert-OH is 3. The lowest BCUT2D eigenvalue weighted by Gasteiger charge is -2.30. The van der Waals surface area contributed by atoms with E-state index in [2.05, 4.69) is 37.3 Å². The zero-order chi connectivity index (χ0) is 21.4. The summed E-state index contributed by atoms with van der Waals surface area (Å²) in [6.07, 6.45) is 2.74. The fourth-order valence-corrected chi connectivity index (χ4v) is 4.91. The molecule has 31 heavy (non-hydrogen) atoms. The number of aliphatic hydroxyl groups is 3. The Hall–Kier alpha value is -2.59. The zero-order valence-corrected chi connectivity index (χ0v) is 17.2. The second-order valence-corrected chi connectivity index (χ2v) is 8.51. The van der Waals surface area contributed by atoms with E-state index in [1.165, 1.54) is 11.9 Å². The number of rotatable bonds is 6. The van der Waals surface area contributed by atoms with Gasteiger partial charge >= 0.3 is 0 Å². The molecule has 1 aliphatic carbocycles. The Morgan fingerprint density at radius 3 is 2.65 bits per heavy atom. The third-order valence-corrected chi connectivity index (χ3v) is 6.65. The summed E-state index contributed by atoms with van der Waals surface area (Å²) in [7, 11) is 0. The quantitative estimate of drug-likeness (QED) is 0.451. The third-order valence-electron chi connectivity index (χ3n) is 6.65. The van der Waals surface area contributed by atoms with E-state index in [9.17, 15) is 15.3 Å². The van der Waals surface area contributed by atoms with Gasteiger partial charge in [-0.15, -0.1) is 0 Å². The summed E-state index contributed by atoms with van der Waals surface area (Å²) in [5, 5.41) is 33.8. The van der Waals surface area contributed by atoms with Crippen molar-refractivity contribution in [1.82, 2.24) is 24.8 Å². The van der Waals surface area contributed by atoms with Gasteiger partial charge < -0.3 is 30.1 Å². The van der Waals surface area contributed by atoms with Crippen LogP contribution in [0.4, 0.5) is 5.82 Å². The lowest BCUT2D eigenvalue weighted by molar-refractivity contribution is -0.00370. The summed E-state index contributed by atoms with van der Waals surface area (Å²) >= 11 is 0. The van der Waals surface area contributed by atoms with Crippen LogP contribution in [0, 0.1) is 5.92 Å². The molecule has 2 fully saturated rings. The average molecular weight is 425 g/mol. The highest BCUT2D eigenvalue weighted by molar-refractivity contribution is 5.83. The van der Waals surface area contributed by atoms with Gasteiger partial charge in [-0.05, 0) is 24.9 Å². The second kappa shape index (κ2) is 8.51. The molecule has 1 saturated carbocycles. The van der Waals surface area contributed by atoms with Gasteiger partial charge in [-0.3, -0.25) is 0 Å². The number of benzene rings is 1. The number of fused-ring (bicyclic) bond motifs is 1. The standard InChI is InChI=1S/C22H28N6O3/c29-11-15-8-17(20(31)19(15)30)28-13-26-18-21(24-12-25-22(18)28)27(16-6-7-23-9-16)10-14-4-2-1-3-5-14/h1-5,12-13,15-17,19-20,23,29-31H,6-11H2/t15-,16+,17-,19-,20+/m1/s1. The van der Waals surface area contributed by atoms with Crippen LogP contribution in [0.15, 0.2) is 43.0 Å². The molecular weight excluding hydrogens is 396 g/mol. The summed E-state index contributed by atoms with van der Waals surface area (Å²) < 4.78 is 1.82. The third kappa shape index (κ3) is 3.67. The molecule has 3 heterocycles. The lowest BCUT2D eigenvalue weighted by Crippen LogP contribution is -2.37. The van der Waals surface area contributed by atoms with Crippen LogP contribution in [-0.2, 0) is 6.54 Å². The van der Waals surface area contributed by atoms with Crippen LogP contribution in [0.3, 0.4) is 0 Å². The maximum Gasteiger partial charge on any atom is 0.165 e. The van der Waals surface area contributed by atoms with E-state index in [0.29, 0.717) is 30.2 Å². The van der Waals surface area contributed by atoms with Crippen LogP contribution in [0.25, 0.3) is 11.2 Å². The highest BCUT2D eigenvalue weighted by Gasteiger charge is 2.42. The first kappa shape index (κ1) is 20.3. The minimum absolute atomic E-state index is 0.166. The molecule has 9 nitrogen and oxygen atoms in total. The van der Waals surface area contributed by atoms with Crippen LogP contribution < -0.4 is 10.2 Å². The number of nitrogens with zero attached hydrogens (tertiary/aromatic N) is 5. The summed E-state index contributed by atoms with van der Waals surface area (Å²) in [6, 6.07) is 10.2. The molecule has 0 unspecified atom stereocenters. The fourth-order valence-electron chi connectivity index (χ4n) is 4.91. The molecule has 0 spiro atoms. The number of hydrogen-bond acceptors (Lipinski definition) is 8. The zero-order valence-electron chi connectivity index (χ0n) is 17.2. The predicted molar refractivity (Wildman–Crippen MR) is 115 cm³/mol. The van der Waals surface area contributed by atoms with Crippen molar-refractivity contribution in [3.63, 3.8) is 0 Å². The molecule has 9 heteroatoms. The molecule has 0 bridgehead atoms. The molecule has 0 amide bonds. The molecule has 4 N–H and O–H groups in total. The van der Waals surface area contributed by atoms with E-state index < -0.39 is 18.2 Å². The van der Waals surface area contributed by atoms with E-state index in [-0.39, 0.29) is 12.5 Å². The Kier molecular flexibility index (Phi) is 5.58. The minimum Gasteiger partial charge on any atom is -0.396 e. The van der Waals surface area contributed by atoms with Gasteiger partial charge in [-0.2, -0.15) is 0 Å². The maximum absolute atomic E-state index is 10.6. The smallest absolute Gasteiger partial charge is 0.165 e. The van der Waals surface area contributed by atoms with E-state index in [0.717, 1.165) is 25.3 Å². The van der Waals surface area contributed by atoms with Crippen LogP contribution in [0.1, 0.15) is 24.4 Å². The van der Waals surface area contributed by atoms with Crippen molar-refractivity contribution in [1.29, 1.82) is 0 Å². The summed E-state index contributed by atoms with van der Waals surface area (Å²) in [5.41, 5.74) is 2.50. The van der Waals surface area contributed by atoms with Crippen molar-refractivity contribution >= 4 is 17.0 Å². The van der Waals surface area contributed by atoms with Gasteiger partial charge in [0.2, 0.25) is 0 Å². The molecule has 1 aromatic carbocycles. The average Bonchev–Trinajstić information content (AvgIpc) is 3.53. The Morgan fingerprint density at radius 1 is 1.10 bits per heavy atom. The number of hydrogen-bond donors (Lipinski definition) is 4. The van der Waals surface area contributed by atoms with Crippen molar-refractivity contribution in [2.45, 2.75) is 43.7 Å². The largest absolute Gasteiger partial charge is 0.396 e. The SMILES string of the molecule is OC[C@H]1C[C@@H](n2cnc3c(N(Cc4ccccc4)[C@H]4CCNC4)ncnc32)[C@H](O)[C@@H]1O. The van der Waals surface area contributed by atoms with E-state index >= 15 is 0 Å². The molecule has 5 atom stereocenters. The van der Waals surface area contributed by atoms with Crippen molar-refractivity contribution < 1.29 is 15.3 Å². The molecule has 2 aliphatic rings. The van der Waals surface area contributed by atoms with Crippen molar-refractivity contribution in [2.24, 2.45) is 5.92 Å². The van der Waals surface area contributed by atoms with Gasteiger partial charge in [0, 0.05) is 31.7 Å². The number of aromatic nitrogens is 4. The monoisotopic (exact) mass is 424 g/mol. The predicted octanol–water partition coefficient (Wildman–Crippen LogP) is 0.470. The first-order valence-electron chi connectivity index (χ1n) is 10.8.